The van der Waals surface area contributed by atoms with Crippen molar-refractivity contribution in [2.45, 2.75) is 27.7 Å². The minimum Gasteiger partial charge on any atom is -0.308 e. The van der Waals surface area contributed by atoms with Crippen molar-refractivity contribution >= 4 is 40.7 Å². The van der Waals surface area contributed by atoms with E-state index in [2.05, 4.69) is 21.8 Å². The molecule has 0 fully saturated rings. The van der Waals surface area contributed by atoms with E-state index in [1.165, 1.54) is 0 Å². The molecule has 1 aromatic heterocycles. The van der Waals surface area contributed by atoms with Crippen molar-refractivity contribution in [2.75, 3.05) is 10.6 Å². The van der Waals surface area contributed by atoms with Gasteiger partial charge in [0.15, 0.2) is 0 Å². The largest absolute Gasteiger partial charge is 0.324 e. The normalized spacial score (nSPS) is 10.7. The van der Waals surface area contributed by atoms with Gasteiger partial charge in [0.1, 0.15) is 5.82 Å². The van der Waals surface area contributed by atoms with Crippen molar-refractivity contribution in [2.24, 2.45) is 0 Å². The number of urea groups is 1. The summed E-state index contributed by atoms with van der Waals surface area (Å²) >= 11 is 12.1. The first-order valence-electron chi connectivity index (χ1n) is 8.42. The minimum atomic E-state index is -0.343. The topological polar surface area (TPSA) is 59.0 Å². The fourth-order valence-electron chi connectivity index (χ4n) is 2.87. The fourth-order valence-corrected chi connectivity index (χ4v) is 3.16. The van der Waals surface area contributed by atoms with E-state index in [1.54, 1.807) is 22.9 Å². The van der Waals surface area contributed by atoms with Gasteiger partial charge in [-0.2, -0.15) is 5.10 Å². The fraction of sp³-hybridized carbons (Fsp3) is 0.200. The quantitative estimate of drug-likeness (QED) is 0.559. The highest BCUT2D eigenvalue weighted by atomic mass is 35.5. The molecule has 0 unspecified atom stereocenters. The Labute approximate surface area is 168 Å². The number of rotatable bonds is 3. The van der Waals surface area contributed by atoms with Crippen LogP contribution in [0.1, 0.15) is 22.4 Å². The van der Waals surface area contributed by atoms with Crippen LogP contribution in [0.2, 0.25) is 10.0 Å². The highest BCUT2D eigenvalue weighted by Gasteiger charge is 2.16. The number of carbonyl (C=O) groups excluding carboxylic acids is 1. The molecule has 0 atom stereocenters. The molecule has 1 heterocycles. The van der Waals surface area contributed by atoms with Crippen LogP contribution in [0.15, 0.2) is 36.4 Å². The van der Waals surface area contributed by atoms with Crippen molar-refractivity contribution in [3.8, 4) is 5.69 Å². The molecule has 3 aromatic rings. The number of nitrogens with one attached hydrogen (secondary N) is 2. The smallest absolute Gasteiger partial charge is 0.308 e. The second-order valence-corrected chi connectivity index (χ2v) is 7.34. The number of aryl methyl sites for hydroxylation is 3. The molecular weight excluding hydrogens is 383 g/mol. The average Bonchev–Trinajstić information content (AvgIpc) is 2.84. The van der Waals surface area contributed by atoms with E-state index < -0.39 is 0 Å². The molecule has 3 rings (SSSR count). The van der Waals surface area contributed by atoms with Crippen LogP contribution < -0.4 is 10.6 Å². The Bertz CT molecular complexity index is 1010. The second kappa shape index (κ2) is 7.62. The van der Waals surface area contributed by atoms with Gasteiger partial charge < -0.3 is 5.32 Å². The second-order valence-electron chi connectivity index (χ2n) is 6.52. The van der Waals surface area contributed by atoms with Gasteiger partial charge in [-0.25, -0.2) is 9.48 Å². The molecule has 0 aliphatic rings. The van der Waals surface area contributed by atoms with Gasteiger partial charge in [-0.3, -0.25) is 5.32 Å². The monoisotopic (exact) mass is 402 g/mol. The molecule has 2 N–H and O–H groups in total. The first-order valence-corrected chi connectivity index (χ1v) is 9.18. The number of anilines is 2. The summed E-state index contributed by atoms with van der Waals surface area (Å²) in [6.45, 7) is 7.77. The first kappa shape index (κ1) is 19.3. The zero-order chi connectivity index (χ0) is 19.7. The summed E-state index contributed by atoms with van der Waals surface area (Å²) in [4.78, 5) is 12.6. The maximum atomic E-state index is 12.6. The van der Waals surface area contributed by atoms with Crippen LogP contribution in [0, 0.1) is 27.7 Å². The number of nitrogens with zero attached hydrogens (tertiary/aromatic N) is 2. The highest BCUT2D eigenvalue weighted by molar-refractivity contribution is 6.42. The van der Waals surface area contributed by atoms with Crippen molar-refractivity contribution in [3.05, 3.63) is 68.8 Å². The summed E-state index contributed by atoms with van der Waals surface area (Å²) in [5.74, 6) is 0.577. The third-order valence-corrected chi connectivity index (χ3v) is 4.96. The summed E-state index contributed by atoms with van der Waals surface area (Å²) in [6.07, 6.45) is 0. The van der Waals surface area contributed by atoms with E-state index in [4.69, 9.17) is 23.2 Å². The maximum absolute atomic E-state index is 12.6. The Morgan fingerprint density at radius 3 is 2.22 bits per heavy atom. The molecule has 0 spiro atoms. The average molecular weight is 403 g/mol. The third kappa shape index (κ3) is 4.26. The van der Waals surface area contributed by atoms with Crippen LogP contribution >= 0.6 is 23.2 Å². The van der Waals surface area contributed by atoms with E-state index >= 15 is 0 Å². The maximum Gasteiger partial charge on any atom is 0.324 e. The Kier molecular flexibility index (Phi) is 5.44. The van der Waals surface area contributed by atoms with Crippen molar-refractivity contribution in [1.29, 1.82) is 0 Å². The molecule has 27 heavy (non-hydrogen) atoms. The molecule has 0 aliphatic heterocycles. The van der Waals surface area contributed by atoms with Crippen LogP contribution in [0.5, 0.6) is 0 Å². The zero-order valence-electron chi connectivity index (χ0n) is 15.5. The molecule has 2 amide bonds. The van der Waals surface area contributed by atoms with E-state index in [-0.39, 0.29) is 6.03 Å². The van der Waals surface area contributed by atoms with Crippen LogP contribution in [0.3, 0.4) is 0 Å². The number of hydrogen-bond donors (Lipinski definition) is 2. The van der Waals surface area contributed by atoms with E-state index in [0.717, 1.165) is 28.1 Å². The summed E-state index contributed by atoms with van der Waals surface area (Å²) < 4.78 is 1.65. The van der Waals surface area contributed by atoms with Crippen molar-refractivity contribution < 1.29 is 4.79 Å². The molecule has 0 radical (unpaired) electrons. The van der Waals surface area contributed by atoms with Gasteiger partial charge in [0.05, 0.1) is 21.4 Å². The lowest BCUT2D eigenvalue weighted by molar-refractivity contribution is 0.262. The Hall–Kier alpha value is -2.50. The molecule has 0 saturated carbocycles. The number of amides is 2. The number of aromatic nitrogens is 2. The molecule has 2 aromatic carbocycles. The van der Waals surface area contributed by atoms with E-state index in [9.17, 15) is 4.79 Å². The molecule has 5 nitrogen and oxygen atoms in total. The molecule has 140 valence electrons. The van der Waals surface area contributed by atoms with Gasteiger partial charge in [0.25, 0.3) is 0 Å². The van der Waals surface area contributed by atoms with Crippen molar-refractivity contribution in [3.63, 3.8) is 0 Å². The predicted octanol–water partition coefficient (Wildman–Crippen LogP) is 6.06. The van der Waals surface area contributed by atoms with Crippen molar-refractivity contribution in [1.82, 2.24) is 9.78 Å². The summed E-state index contributed by atoms with van der Waals surface area (Å²) in [7, 11) is 0. The molecule has 0 aliphatic carbocycles. The molecule has 0 saturated heterocycles. The minimum absolute atomic E-state index is 0.343. The summed E-state index contributed by atoms with van der Waals surface area (Å²) in [5, 5.41) is 11.2. The number of hydrogen-bond acceptors (Lipinski definition) is 2. The third-order valence-electron chi connectivity index (χ3n) is 4.22. The van der Waals surface area contributed by atoms with Gasteiger partial charge in [-0.15, -0.1) is 0 Å². The SMILES string of the molecule is Cc1cc(C)cc(NC(=O)Nc2c(C)c(C)nn2-c2ccc(Cl)c(Cl)c2)c1. The van der Waals surface area contributed by atoms with Crippen LogP contribution in [0.25, 0.3) is 5.69 Å². The van der Waals surface area contributed by atoms with Gasteiger partial charge >= 0.3 is 6.03 Å². The molecular formula is C20H20Cl2N4O. The van der Waals surface area contributed by atoms with E-state index in [1.807, 2.05) is 39.8 Å². The van der Waals surface area contributed by atoms with Crippen LogP contribution in [0.4, 0.5) is 16.3 Å². The van der Waals surface area contributed by atoms with Crippen LogP contribution in [-0.4, -0.2) is 15.8 Å². The first-order chi connectivity index (χ1) is 12.7. The van der Waals surface area contributed by atoms with Crippen LogP contribution in [-0.2, 0) is 0 Å². The number of benzene rings is 2. The zero-order valence-corrected chi connectivity index (χ0v) is 17.0. The highest BCUT2D eigenvalue weighted by Crippen LogP contribution is 2.28. The molecule has 7 heteroatoms. The Morgan fingerprint density at radius 2 is 1.59 bits per heavy atom. The number of carbonyl (C=O) groups is 1. The summed E-state index contributed by atoms with van der Waals surface area (Å²) in [6, 6.07) is 10.8. The number of halogens is 2. The Morgan fingerprint density at radius 1 is 0.926 bits per heavy atom. The predicted molar refractivity (Wildman–Crippen MR) is 112 cm³/mol. The van der Waals surface area contributed by atoms with Gasteiger partial charge in [-0.05, 0) is 69.2 Å². The standard InChI is InChI=1S/C20H20Cl2N4O/c1-11-7-12(2)9-15(8-11)23-20(27)24-19-13(3)14(4)25-26(19)16-5-6-17(21)18(22)10-16/h5-10H,1-4H3,(H2,23,24,27). The van der Waals surface area contributed by atoms with Gasteiger partial charge in [0, 0.05) is 11.3 Å². The summed E-state index contributed by atoms with van der Waals surface area (Å²) in [5.41, 5.74) is 5.29. The van der Waals surface area contributed by atoms with Gasteiger partial charge in [0.2, 0.25) is 0 Å². The van der Waals surface area contributed by atoms with E-state index in [0.29, 0.717) is 21.6 Å². The Balaban J connectivity index is 1.90. The van der Waals surface area contributed by atoms with Gasteiger partial charge in [-0.1, -0.05) is 29.3 Å². The lowest BCUT2D eigenvalue weighted by Gasteiger charge is -2.12. The lowest BCUT2D eigenvalue weighted by Crippen LogP contribution is -2.22. The molecule has 0 bridgehead atoms. The lowest BCUT2D eigenvalue weighted by atomic mass is 10.1.